The smallest absolute Gasteiger partial charge is 0.294 e. The summed E-state index contributed by atoms with van der Waals surface area (Å²) >= 11 is 0. The monoisotopic (exact) mass is 905 g/mol. The molecule has 0 spiro atoms. The number of carbonyl (C=O) groups is 1. The highest BCUT2D eigenvalue weighted by molar-refractivity contribution is 7.86. The third kappa shape index (κ3) is 11.1. The molecule has 3 heterocycles. The molecule has 2 aromatic carbocycles. The van der Waals surface area contributed by atoms with E-state index in [-0.39, 0.29) is 22.3 Å². The molecular formula is C43H59N3O14S2. The minimum Gasteiger partial charge on any atom is -0.744 e. The predicted molar refractivity (Wildman–Crippen MR) is 228 cm³/mol. The number of hydrogen-bond acceptors (Lipinski definition) is 14. The summed E-state index contributed by atoms with van der Waals surface area (Å²) in [7, 11) is -9.06. The summed E-state index contributed by atoms with van der Waals surface area (Å²) in [5.74, 6) is -0.0732. The summed E-state index contributed by atoms with van der Waals surface area (Å²) in [5.41, 5.74) is 3.79. The third-order valence-electron chi connectivity index (χ3n) is 11.7. The van der Waals surface area contributed by atoms with Crippen molar-refractivity contribution in [3.05, 3.63) is 83.6 Å². The average molecular weight is 906 g/mol. The maximum Gasteiger partial charge on any atom is 0.294 e. The number of carbonyl (C=O) groups excluding carboxylic acids is 1. The van der Waals surface area contributed by atoms with Crippen molar-refractivity contribution in [2.45, 2.75) is 131 Å². The number of fused-ring (bicyclic) bond motifs is 2. The van der Waals surface area contributed by atoms with Gasteiger partial charge in [-0.3, -0.25) is 9.35 Å². The van der Waals surface area contributed by atoms with Crippen LogP contribution in [0.5, 0.6) is 0 Å². The summed E-state index contributed by atoms with van der Waals surface area (Å²) < 4.78 is 81.8. The normalized spacial score (nSPS) is 24.1. The SMILES string of the molecule is CCN1/C(=C/C=C/C=C/C2=[N+](CCCCCC(=O)NCCCCCO[C@H]3C(O)O[C@H](OO)[C@H](O)[C@@H]3O)c3ccc(S(=O)(=O)O)cc3C2(C)C)C(C)(C)c2cc(S(=O)(=O)[O-])ccc21. The van der Waals surface area contributed by atoms with Gasteiger partial charge in [0.2, 0.25) is 17.9 Å². The van der Waals surface area contributed by atoms with Crippen molar-refractivity contribution in [2.75, 3.05) is 31.1 Å². The van der Waals surface area contributed by atoms with Gasteiger partial charge in [0.15, 0.2) is 12.0 Å². The number of benzene rings is 2. The molecular weight excluding hydrogens is 847 g/mol. The fourth-order valence-electron chi connectivity index (χ4n) is 8.32. The van der Waals surface area contributed by atoms with E-state index in [0.29, 0.717) is 51.7 Å². The first kappa shape index (κ1) is 49.2. The van der Waals surface area contributed by atoms with Crippen LogP contribution in [-0.4, -0.2) is 120 Å². The summed E-state index contributed by atoms with van der Waals surface area (Å²) in [4.78, 5) is 18.1. The standard InChI is InChI=1S/C43H59N3O14S2/c1-6-45-32-21-19-28(61(52,53)54)26-30(32)42(2,3)34(45)16-10-7-11-17-35-43(4,5)31-27-29(62(55,56)57)20-22-33(31)46(35)24-14-8-12-18-36(47)44-23-13-9-15-25-58-39-37(48)38(49)41(60-51)59-40(39)50/h7,10-11,16-17,19-22,26-27,37-41,48-50H,6,8-9,12-15,18,23-25H2,1-5H3,(H3-,44,47,51,52,53,54,55,56,57)/t37-,38+,39+,40?,41+/m0/s1. The molecule has 1 unspecified atom stereocenters. The number of nitrogens with one attached hydrogen (secondary N) is 1. The van der Waals surface area contributed by atoms with E-state index in [1.54, 1.807) is 12.1 Å². The first-order chi connectivity index (χ1) is 29.1. The molecule has 0 aliphatic carbocycles. The number of rotatable bonds is 20. The van der Waals surface area contributed by atoms with Crippen molar-refractivity contribution >= 4 is 43.2 Å². The molecule has 1 fully saturated rings. The van der Waals surface area contributed by atoms with Gasteiger partial charge in [0.1, 0.15) is 35.0 Å². The Bertz CT molecular complexity index is 2290. The molecule has 5 rings (SSSR count). The molecule has 3 aliphatic heterocycles. The maximum absolute atomic E-state index is 12.6. The van der Waals surface area contributed by atoms with Crippen molar-refractivity contribution in [1.29, 1.82) is 0 Å². The highest BCUT2D eigenvalue weighted by Crippen LogP contribution is 2.48. The van der Waals surface area contributed by atoms with Crippen molar-refractivity contribution < 1.29 is 70.2 Å². The molecule has 0 radical (unpaired) electrons. The lowest BCUT2D eigenvalue weighted by Gasteiger charge is -2.38. The zero-order chi connectivity index (χ0) is 45.6. The van der Waals surface area contributed by atoms with E-state index in [2.05, 4.69) is 19.7 Å². The lowest BCUT2D eigenvalue weighted by molar-refractivity contribution is -0.438. The van der Waals surface area contributed by atoms with Gasteiger partial charge in [-0.2, -0.15) is 13.0 Å². The molecule has 5 atom stereocenters. The Kier molecular flexibility index (Phi) is 16.1. The van der Waals surface area contributed by atoms with Crippen molar-refractivity contribution in [3.63, 3.8) is 0 Å². The van der Waals surface area contributed by atoms with Crippen LogP contribution >= 0.6 is 0 Å². The van der Waals surface area contributed by atoms with Crippen LogP contribution in [0.3, 0.4) is 0 Å². The summed E-state index contributed by atoms with van der Waals surface area (Å²) in [6, 6.07) is 9.07. The second-order valence-electron chi connectivity index (χ2n) is 16.7. The zero-order valence-corrected chi connectivity index (χ0v) is 37.3. The van der Waals surface area contributed by atoms with E-state index < -0.39 is 62.0 Å². The number of allylic oxidation sites excluding steroid dienone is 6. The van der Waals surface area contributed by atoms with Gasteiger partial charge in [0, 0.05) is 67.0 Å². The van der Waals surface area contributed by atoms with E-state index in [0.717, 1.165) is 46.8 Å². The predicted octanol–water partition coefficient (Wildman–Crippen LogP) is 4.15. The van der Waals surface area contributed by atoms with Crippen LogP contribution in [0, 0.1) is 0 Å². The summed E-state index contributed by atoms with van der Waals surface area (Å²) in [6.45, 7) is 11.8. The van der Waals surface area contributed by atoms with Crippen LogP contribution in [0.1, 0.15) is 90.7 Å². The number of ether oxygens (including phenoxy) is 2. The number of unbranched alkanes of at least 4 members (excludes halogenated alkanes) is 4. The minimum atomic E-state index is -4.62. The van der Waals surface area contributed by atoms with Crippen LogP contribution in [-0.2, 0) is 50.2 Å². The largest absolute Gasteiger partial charge is 0.744 e. The topological polar surface area (TPSA) is 256 Å². The number of amides is 1. The first-order valence-corrected chi connectivity index (χ1v) is 23.6. The Morgan fingerprint density at radius 1 is 0.903 bits per heavy atom. The fourth-order valence-corrected chi connectivity index (χ4v) is 9.33. The molecule has 3 aliphatic rings. The lowest BCUT2D eigenvalue weighted by Crippen LogP contribution is -2.58. The molecule has 1 saturated heterocycles. The molecule has 6 N–H and O–H groups in total. The van der Waals surface area contributed by atoms with Gasteiger partial charge in [0.05, 0.1) is 15.2 Å². The number of aliphatic hydroxyl groups excluding tert-OH is 3. The number of anilines is 1. The second-order valence-corrected chi connectivity index (χ2v) is 19.5. The van der Waals surface area contributed by atoms with Crippen LogP contribution in [0.4, 0.5) is 11.4 Å². The first-order valence-electron chi connectivity index (χ1n) is 20.7. The van der Waals surface area contributed by atoms with Crippen LogP contribution in [0.25, 0.3) is 0 Å². The van der Waals surface area contributed by atoms with Gasteiger partial charge < -0.3 is 39.6 Å². The van der Waals surface area contributed by atoms with Crippen molar-refractivity contribution in [3.8, 4) is 0 Å². The van der Waals surface area contributed by atoms with Crippen LogP contribution < -0.4 is 10.2 Å². The number of aliphatic hydroxyl groups is 3. The van der Waals surface area contributed by atoms with Gasteiger partial charge in [-0.15, -0.1) is 0 Å². The Labute approximate surface area is 363 Å². The number of likely N-dealkylation sites (N-methyl/N-ethyl adjacent to an activating group) is 1. The Morgan fingerprint density at radius 3 is 2.27 bits per heavy atom. The maximum atomic E-state index is 12.6. The highest BCUT2D eigenvalue weighted by atomic mass is 32.2. The molecule has 0 aromatic heterocycles. The lowest BCUT2D eigenvalue weighted by atomic mass is 9.81. The molecule has 17 nitrogen and oxygen atoms in total. The quantitative estimate of drug-likeness (QED) is 0.0273. The Balaban J connectivity index is 1.16. The minimum absolute atomic E-state index is 0.0732. The van der Waals surface area contributed by atoms with E-state index >= 15 is 0 Å². The molecule has 62 heavy (non-hydrogen) atoms. The molecule has 2 aromatic rings. The van der Waals surface area contributed by atoms with Gasteiger partial charge in [-0.1, -0.05) is 32.1 Å². The van der Waals surface area contributed by atoms with Crippen molar-refractivity contribution in [2.24, 2.45) is 0 Å². The van der Waals surface area contributed by atoms with E-state index in [4.69, 9.17) is 14.7 Å². The summed E-state index contributed by atoms with van der Waals surface area (Å²) in [6.07, 6.45) is 6.49. The van der Waals surface area contributed by atoms with E-state index in [1.165, 1.54) is 24.3 Å². The number of hydrogen-bond donors (Lipinski definition) is 6. The summed E-state index contributed by atoms with van der Waals surface area (Å²) in [5, 5.41) is 41.6. The molecule has 19 heteroatoms. The van der Waals surface area contributed by atoms with Gasteiger partial charge in [-0.25, -0.2) is 18.6 Å². The second kappa shape index (κ2) is 20.3. The molecule has 342 valence electrons. The van der Waals surface area contributed by atoms with Gasteiger partial charge in [0.25, 0.3) is 10.1 Å². The Morgan fingerprint density at radius 2 is 1.60 bits per heavy atom. The van der Waals surface area contributed by atoms with Gasteiger partial charge in [-0.05, 0) is 94.8 Å². The molecule has 0 saturated carbocycles. The van der Waals surface area contributed by atoms with E-state index in [9.17, 15) is 46.1 Å². The third-order valence-corrected chi connectivity index (χ3v) is 13.4. The van der Waals surface area contributed by atoms with Crippen molar-refractivity contribution in [1.82, 2.24) is 5.32 Å². The molecule has 1 amide bonds. The molecule has 0 bridgehead atoms. The highest BCUT2D eigenvalue weighted by Gasteiger charge is 2.46. The van der Waals surface area contributed by atoms with Crippen LogP contribution in [0.15, 0.2) is 82.3 Å². The zero-order valence-electron chi connectivity index (χ0n) is 35.6. The van der Waals surface area contributed by atoms with Crippen LogP contribution in [0.2, 0.25) is 0 Å². The fraction of sp³-hybridized carbons (Fsp3) is 0.535. The number of nitrogens with zero attached hydrogens (tertiary/aromatic N) is 2. The van der Waals surface area contributed by atoms with E-state index in [1.807, 2.05) is 65.0 Å². The average Bonchev–Trinajstić information content (AvgIpc) is 3.56. The Hall–Kier alpha value is -3.86. The van der Waals surface area contributed by atoms with Gasteiger partial charge >= 0.3 is 0 Å².